The van der Waals surface area contributed by atoms with Crippen LogP contribution in [0.25, 0.3) is 0 Å². The molecule has 0 saturated heterocycles. The summed E-state index contributed by atoms with van der Waals surface area (Å²) in [7, 11) is 0. The van der Waals surface area contributed by atoms with Crippen LogP contribution in [-0.4, -0.2) is 25.7 Å². The third-order valence-electron chi connectivity index (χ3n) is 3.25. The third-order valence-corrected chi connectivity index (χ3v) is 3.25. The van der Waals surface area contributed by atoms with Crippen LogP contribution >= 0.6 is 0 Å². The van der Waals surface area contributed by atoms with E-state index in [4.69, 9.17) is 14.2 Å². The van der Waals surface area contributed by atoms with E-state index in [1.165, 1.54) is 18.2 Å². The van der Waals surface area contributed by atoms with Gasteiger partial charge in [0.05, 0.1) is 19.8 Å². The molecule has 0 fully saturated rings. The fourth-order valence-corrected chi connectivity index (χ4v) is 2.29. The molecule has 2 rings (SSSR count). The van der Waals surface area contributed by atoms with Crippen molar-refractivity contribution in [1.82, 2.24) is 0 Å². The lowest BCUT2D eigenvalue weighted by Crippen LogP contribution is -2.13. The molecule has 0 radical (unpaired) electrons. The number of nitrogens with one attached hydrogen (secondary N) is 1. The number of hydrogen-bond donors (Lipinski definition) is 1. The minimum atomic E-state index is -0.422. The van der Waals surface area contributed by atoms with Crippen molar-refractivity contribution in [3.05, 3.63) is 47.8 Å². The molecular weight excluding hydrogens is 325 g/mol. The zero-order valence-electron chi connectivity index (χ0n) is 14.6. The van der Waals surface area contributed by atoms with Gasteiger partial charge in [0.1, 0.15) is 5.82 Å². The number of carbonyl (C=O) groups is 1. The summed E-state index contributed by atoms with van der Waals surface area (Å²) in [5.41, 5.74) is 0.703. The maximum absolute atomic E-state index is 13.3. The van der Waals surface area contributed by atoms with E-state index in [1.54, 1.807) is 18.2 Å². The van der Waals surface area contributed by atoms with E-state index in [-0.39, 0.29) is 0 Å². The molecule has 1 N–H and O–H groups in total. The third kappa shape index (κ3) is 4.86. The molecule has 0 atom stereocenters. The lowest BCUT2D eigenvalue weighted by atomic mass is 10.1. The van der Waals surface area contributed by atoms with Crippen LogP contribution in [0.3, 0.4) is 0 Å². The van der Waals surface area contributed by atoms with Crippen LogP contribution in [0.5, 0.6) is 17.2 Å². The van der Waals surface area contributed by atoms with Crippen molar-refractivity contribution >= 4 is 11.6 Å². The average Bonchev–Trinajstić information content (AvgIpc) is 2.58. The molecule has 0 aliphatic rings. The monoisotopic (exact) mass is 347 g/mol. The predicted octanol–water partition coefficient (Wildman–Crippen LogP) is 4.27. The van der Waals surface area contributed by atoms with E-state index in [9.17, 15) is 9.18 Å². The number of amides is 1. The molecule has 2 aromatic carbocycles. The fourth-order valence-electron chi connectivity index (χ4n) is 2.29. The summed E-state index contributed by atoms with van der Waals surface area (Å²) in [6.45, 7) is 6.82. The Kier molecular flexibility index (Phi) is 6.62. The standard InChI is InChI=1S/C19H22FNO4/c1-4-23-16-10-13(11-17(24-5-2)18(16)25-6-3)19(22)21-15-9-7-8-14(20)12-15/h7-12H,4-6H2,1-3H3,(H,21,22). The Hall–Kier alpha value is -2.76. The Bertz CT molecular complexity index is 706. The SMILES string of the molecule is CCOc1cc(C(=O)Nc2cccc(F)c2)cc(OCC)c1OCC. The van der Waals surface area contributed by atoms with Crippen molar-refractivity contribution < 1.29 is 23.4 Å². The van der Waals surface area contributed by atoms with Crippen molar-refractivity contribution in [1.29, 1.82) is 0 Å². The van der Waals surface area contributed by atoms with E-state index >= 15 is 0 Å². The van der Waals surface area contributed by atoms with Gasteiger partial charge in [-0.05, 0) is 51.1 Å². The molecule has 0 aromatic heterocycles. The first-order valence-corrected chi connectivity index (χ1v) is 8.22. The Morgan fingerprint density at radius 2 is 1.56 bits per heavy atom. The predicted molar refractivity (Wildman–Crippen MR) is 94.3 cm³/mol. The smallest absolute Gasteiger partial charge is 0.255 e. The van der Waals surface area contributed by atoms with Gasteiger partial charge in [0.25, 0.3) is 5.91 Å². The van der Waals surface area contributed by atoms with Gasteiger partial charge in [0.2, 0.25) is 5.75 Å². The first-order chi connectivity index (χ1) is 12.1. The number of rotatable bonds is 8. The number of carbonyl (C=O) groups excluding carboxylic acids is 1. The van der Waals surface area contributed by atoms with Gasteiger partial charge in [0, 0.05) is 11.3 Å². The molecule has 6 heteroatoms. The number of halogens is 1. The summed E-state index contributed by atoms with van der Waals surface area (Å²) in [5, 5.41) is 2.66. The van der Waals surface area contributed by atoms with Gasteiger partial charge >= 0.3 is 0 Å². The topological polar surface area (TPSA) is 56.8 Å². The number of hydrogen-bond acceptors (Lipinski definition) is 4. The van der Waals surface area contributed by atoms with Crippen molar-refractivity contribution in [2.45, 2.75) is 20.8 Å². The molecule has 2 aromatic rings. The number of anilines is 1. The molecule has 134 valence electrons. The van der Waals surface area contributed by atoms with Crippen LogP contribution in [0.4, 0.5) is 10.1 Å². The zero-order valence-corrected chi connectivity index (χ0v) is 14.6. The van der Waals surface area contributed by atoms with Crippen LogP contribution in [0.15, 0.2) is 36.4 Å². The minimum Gasteiger partial charge on any atom is -0.490 e. The van der Waals surface area contributed by atoms with E-state index in [2.05, 4.69) is 5.32 Å². The van der Waals surface area contributed by atoms with E-state index in [0.29, 0.717) is 48.3 Å². The second-order valence-electron chi connectivity index (χ2n) is 5.07. The summed E-state index contributed by atoms with van der Waals surface area (Å²) < 4.78 is 30.1. The molecule has 25 heavy (non-hydrogen) atoms. The quantitative estimate of drug-likeness (QED) is 0.775. The lowest BCUT2D eigenvalue weighted by molar-refractivity contribution is 0.102. The van der Waals surface area contributed by atoms with Crippen molar-refractivity contribution in [3.8, 4) is 17.2 Å². The van der Waals surface area contributed by atoms with Gasteiger partial charge in [-0.1, -0.05) is 6.07 Å². The maximum atomic E-state index is 13.3. The van der Waals surface area contributed by atoms with Crippen molar-refractivity contribution in [2.75, 3.05) is 25.1 Å². The Morgan fingerprint density at radius 1 is 0.960 bits per heavy atom. The van der Waals surface area contributed by atoms with Gasteiger partial charge in [-0.15, -0.1) is 0 Å². The normalized spacial score (nSPS) is 10.2. The highest BCUT2D eigenvalue weighted by Crippen LogP contribution is 2.39. The van der Waals surface area contributed by atoms with E-state index in [1.807, 2.05) is 20.8 Å². The summed E-state index contributed by atoms with van der Waals surface area (Å²) in [4.78, 5) is 12.5. The van der Waals surface area contributed by atoms with Crippen molar-refractivity contribution in [3.63, 3.8) is 0 Å². The highest BCUT2D eigenvalue weighted by molar-refractivity contribution is 6.05. The van der Waals surface area contributed by atoms with Gasteiger partial charge in [-0.3, -0.25) is 4.79 Å². The van der Waals surface area contributed by atoms with Gasteiger partial charge in [-0.25, -0.2) is 4.39 Å². The summed E-state index contributed by atoms with van der Waals surface area (Å²) >= 11 is 0. The average molecular weight is 347 g/mol. The van der Waals surface area contributed by atoms with Crippen LogP contribution in [0.2, 0.25) is 0 Å². The van der Waals surface area contributed by atoms with Gasteiger partial charge in [0.15, 0.2) is 11.5 Å². The zero-order chi connectivity index (χ0) is 18.2. The molecule has 0 saturated carbocycles. The molecule has 0 aliphatic carbocycles. The Morgan fingerprint density at radius 3 is 2.08 bits per heavy atom. The molecule has 1 amide bonds. The molecule has 0 aliphatic heterocycles. The second kappa shape index (κ2) is 8.92. The molecular formula is C19H22FNO4. The largest absolute Gasteiger partial charge is 0.490 e. The van der Waals surface area contributed by atoms with E-state index < -0.39 is 11.7 Å². The summed E-state index contributed by atoms with van der Waals surface area (Å²) in [6, 6.07) is 8.88. The van der Waals surface area contributed by atoms with Crippen LogP contribution in [0.1, 0.15) is 31.1 Å². The first kappa shape index (κ1) is 18.6. The van der Waals surface area contributed by atoms with Crippen LogP contribution in [-0.2, 0) is 0 Å². The first-order valence-electron chi connectivity index (χ1n) is 8.22. The summed E-state index contributed by atoms with van der Waals surface area (Å²) in [6.07, 6.45) is 0. The van der Waals surface area contributed by atoms with Gasteiger partial charge < -0.3 is 19.5 Å². The highest BCUT2D eigenvalue weighted by Gasteiger charge is 2.18. The van der Waals surface area contributed by atoms with Gasteiger partial charge in [-0.2, -0.15) is 0 Å². The lowest BCUT2D eigenvalue weighted by Gasteiger charge is -2.17. The second-order valence-corrected chi connectivity index (χ2v) is 5.07. The van der Waals surface area contributed by atoms with Crippen molar-refractivity contribution in [2.24, 2.45) is 0 Å². The minimum absolute atomic E-state index is 0.333. The van der Waals surface area contributed by atoms with Crippen LogP contribution in [0, 0.1) is 5.82 Å². The molecule has 5 nitrogen and oxygen atoms in total. The summed E-state index contributed by atoms with van der Waals surface area (Å²) in [5.74, 6) is 0.512. The molecule has 0 bridgehead atoms. The highest BCUT2D eigenvalue weighted by atomic mass is 19.1. The Balaban J connectivity index is 2.36. The van der Waals surface area contributed by atoms with E-state index in [0.717, 1.165) is 0 Å². The number of ether oxygens (including phenoxy) is 3. The molecule has 0 heterocycles. The molecule has 0 spiro atoms. The fraction of sp³-hybridized carbons (Fsp3) is 0.316. The van der Waals surface area contributed by atoms with Crippen LogP contribution < -0.4 is 19.5 Å². The Labute approximate surface area is 146 Å². The molecule has 0 unspecified atom stereocenters. The number of benzene rings is 2. The maximum Gasteiger partial charge on any atom is 0.255 e.